The van der Waals surface area contributed by atoms with Gasteiger partial charge in [0, 0.05) is 0 Å². The Bertz CT molecular complexity index is 791. The van der Waals surface area contributed by atoms with E-state index in [0.29, 0.717) is 37.9 Å². The number of likely N-dealkylation sites (tertiary alicyclic amines) is 1. The minimum Gasteiger partial charge on any atom is -0.469 e. The van der Waals surface area contributed by atoms with Crippen LogP contribution in [0.3, 0.4) is 0 Å². The Labute approximate surface area is 169 Å². The topological polar surface area (TPSA) is 108 Å². The van der Waals surface area contributed by atoms with E-state index in [1.807, 2.05) is 17.9 Å². The third-order valence-corrected chi connectivity index (χ3v) is 5.61. The lowest BCUT2D eigenvalue weighted by Gasteiger charge is -2.30. The molecule has 3 rings (SSSR count). The summed E-state index contributed by atoms with van der Waals surface area (Å²) in [6.07, 6.45) is 1.57. The van der Waals surface area contributed by atoms with Crippen molar-refractivity contribution in [3.8, 4) is 0 Å². The average Bonchev–Trinajstić information content (AvgIpc) is 2.99. The van der Waals surface area contributed by atoms with Gasteiger partial charge in [0.2, 0.25) is 0 Å². The van der Waals surface area contributed by atoms with E-state index in [1.54, 1.807) is 24.3 Å². The van der Waals surface area contributed by atoms with E-state index in [2.05, 4.69) is 10.7 Å². The van der Waals surface area contributed by atoms with Crippen LogP contribution in [0.5, 0.6) is 0 Å². The molecule has 0 aromatic heterocycles. The number of urea groups is 1. The second kappa shape index (κ2) is 8.60. The Morgan fingerprint density at radius 1 is 1.21 bits per heavy atom. The maximum atomic E-state index is 13.0. The normalized spacial score (nSPS) is 23.0. The lowest BCUT2D eigenvalue weighted by molar-refractivity contribution is -0.147. The van der Waals surface area contributed by atoms with Crippen LogP contribution < -0.4 is 10.7 Å². The number of piperidine rings is 1. The zero-order valence-corrected chi connectivity index (χ0v) is 16.6. The van der Waals surface area contributed by atoms with Gasteiger partial charge >= 0.3 is 12.0 Å². The number of nitrogens with zero attached hydrogens (tertiary/aromatic N) is 2. The third kappa shape index (κ3) is 4.09. The average molecular weight is 402 g/mol. The first-order valence-electron chi connectivity index (χ1n) is 9.73. The van der Waals surface area contributed by atoms with E-state index in [0.717, 1.165) is 5.01 Å². The molecule has 0 bridgehead atoms. The third-order valence-electron chi connectivity index (χ3n) is 5.61. The Morgan fingerprint density at radius 2 is 1.86 bits per heavy atom. The summed E-state index contributed by atoms with van der Waals surface area (Å²) in [7, 11) is 1.37. The molecule has 1 aromatic rings. The molecule has 156 valence electrons. The number of methoxy groups -OCH3 is 1. The van der Waals surface area contributed by atoms with Crippen LogP contribution in [0, 0.1) is 5.92 Å². The molecule has 2 fully saturated rings. The van der Waals surface area contributed by atoms with E-state index in [-0.39, 0.29) is 18.4 Å². The minimum absolute atomic E-state index is 0.0371. The molecule has 0 saturated carbocycles. The van der Waals surface area contributed by atoms with Crippen molar-refractivity contribution < 1.29 is 23.9 Å². The fourth-order valence-corrected chi connectivity index (χ4v) is 3.90. The largest absolute Gasteiger partial charge is 0.469 e. The number of benzene rings is 1. The molecule has 0 radical (unpaired) electrons. The zero-order valence-electron chi connectivity index (χ0n) is 16.6. The highest BCUT2D eigenvalue weighted by atomic mass is 16.5. The van der Waals surface area contributed by atoms with Gasteiger partial charge in [-0.1, -0.05) is 37.3 Å². The molecule has 1 atom stereocenters. The highest BCUT2D eigenvalue weighted by molar-refractivity contribution is 6.08. The van der Waals surface area contributed by atoms with Crippen molar-refractivity contribution >= 4 is 23.8 Å². The van der Waals surface area contributed by atoms with Gasteiger partial charge in [0.1, 0.15) is 5.54 Å². The molecule has 0 aliphatic carbocycles. The van der Waals surface area contributed by atoms with Crippen LogP contribution >= 0.6 is 0 Å². The second-order valence-electron chi connectivity index (χ2n) is 7.30. The van der Waals surface area contributed by atoms with E-state index in [9.17, 15) is 19.2 Å². The zero-order chi connectivity index (χ0) is 21.0. The molecule has 9 heteroatoms. The number of rotatable bonds is 6. The van der Waals surface area contributed by atoms with E-state index < -0.39 is 23.4 Å². The van der Waals surface area contributed by atoms with Crippen LogP contribution in [0.15, 0.2) is 30.3 Å². The highest BCUT2D eigenvalue weighted by Crippen LogP contribution is 2.31. The number of nitrogens with one attached hydrogen (secondary N) is 2. The van der Waals surface area contributed by atoms with Gasteiger partial charge in [-0.15, -0.1) is 0 Å². The van der Waals surface area contributed by atoms with Crippen LogP contribution in [0.25, 0.3) is 0 Å². The first-order valence-corrected chi connectivity index (χ1v) is 9.73. The van der Waals surface area contributed by atoms with Gasteiger partial charge in [-0.2, -0.15) is 5.01 Å². The van der Waals surface area contributed by atoms with E-state index >= 15 is 0 Å². The van der Waals surface area contributed by atoms with Crippen molar-refractivity contribution in [1.29, 1.82) is 0 Å². The summed E-state index contributed by atoms with van der Waals surface area (Å²) in [5.74, 6) is -1.34. The smallest absolute Gasteiger partial charge is 0.344 e. The highest BCUT2D eigenvalue weighted by Gasteiger charge is 2.52. The number of carbonyl (C=O) groups is 4. The van der Waals surface area contributed by atoms with Crippen LogP contribution in [0.4, 0.5) is 4.79 Å². The molecule has 2 heterocycles. The van der Waals surface area contributed by atoms with Crippen LogP contribution in [0.1, 0.15) is 31.7 Å². The number of hydrazine groups is 1. The first kappa shape index (κ1) is 20.8. The van der Waals surface area contributed by atoms with Gasteiger partial charge in [-0.25, -0.2) is 4.79 Å². The van der Waals surface area contributed by atoms with Crippen molar-refractivity contribution in [2.24, 2.45) is 5.92 Å². The molecule has 1 aromatic carbocycles. The van der Waals surface area contributed by atoms with Gasteiger partial charge in [0.25, 0.3) is 11.8 Å². The lowest BCUT2D eigenvalue weighted by Crippen LogP contribution is -2.52. The monoisotopic (exact) mass is 402 g/mol. The maximum Gasteiger partial charge on any atom is 0.344 e. The number of carbonyl (C=O) groups excluding carboxylic acids is 4. The van der Waals surface area contributed by atoms with Gasteiger partial charge in [-0.05, 0) is 37.9 Å². The molecule has 2 saturated heterocycles. The standard InChI is InChI=1S/C20H26N4O5/c1-3-20(15-7-5-4-6-8-15)18(27)24(19(28)21-20)22-16(25)13-23-11-9-14(10-12-23)17(26)29-2/h4-8,14H,3,9-13H2,1-2H3,(H,21,28)(H,22,25)/t20-/m0/s1. The van der Waals surface area contributed by atoms with Gasteiger partial charge < -0.3 is 10.1 Å². The summed E-state index contributed by atoms with van der Waals surface area (Å²) in [4.78, 5) is 51.4. The Balaban J connectivity index is 1.60. The summed E-state index contributed by atoms with van der Waals surface area (Å²) in [6, 6.07) is 8.32. The number of hydrogen-bond acceptors (Lipinski definition) is 6. The van der Waals surface area contributed by atoms with Crippen LogP contribution in [-0.4, -0.2) is 60.5 Å². The summed E-state index contributed by atoms with van der Waals surface area (Å²) in [5, 5.41) is 3.49. The Kier molecular flexibility index (Phi) is 6.17. The molecule has 9 nitrogen and oxygen atoms in total. The number of amides is 4. The van der Waals surface area contributed by atoms with Crippen molar-refractivity contribution in [1.82, 2.24) is 20.7 Å². The number of ether oxygens (including phenoxy) is 1. The molecule has 29 heavy (non-hydrogen) atoms. The van der Waals surface area contributed by atoms with Crippen molar-refractivity contribution in [2.75, 3.05) is 26.7 Å². The SMILES string of the molecule is CC[C@@]1(c2ccccc2)NC(=O)N(NC(=O)CN2CCC(C(=O)OC)CC2)C1=O. The summed E-state index contributed by atoms with van der Waals surface area (Å²) >= 11 is 0. The Hall–Kier alpha value is -2.94. The quantitative estimate of drug-likeness (QED) is 0.537. The second-order valence-corrected chi connectivity index (χ2v) is 7.30. The van der Waals surface area contributed by atoms with Crippen LogP contribution in [-0.2, 0) is 24.7 Å². The molecule has 2 aliphatic rings. The molecule has 4 amide bonds. The summed E-state index contributed by atoms with van der Waals surface area (Å²) in [6.45, 7) is 2.98. The molecular formula is C20H26N4O5. The van der Waals surface area contributed by atoms with Gasteiger partial charge in [-0.3, -0.25) is 24.7 Å². The van der Waals surface area contributed by atoms with E-state index in [4.69, 9.17) is 4.74 Å². The van der Waals surface area contributed by atoms with Crippen LogP contribution in [0.2, 0.25) is 0 Å². The maximum absolute atomic E-state index is 13.0. The van der Waals surface area contributed by atoms with Crippen molar-refractivity contribution in [2.45, 2.75) is 31.7 Å². The lowest BCUT2D eigenvalue weighted by atomic mass is 9.87. The summed E-state index contributed by atoms with van der Waals surface area (Å²) < 4.78 is 4.76. The van der Waals surface area contributed by atoms with E-state index in [1.165, 1.54) is 7.11 Å². The fourth-order valence-electron chi connectivity index (χ4n) is 3.90. The van der Waals surface area contributed by atoms with Gasteiger partial charge in [0.15, 0.2) is 0 Å². The number of hydrogen-bond donors (Lipinski definition) is 2. The minimum atomic E-state index is -1.19. The van der Waals surface area contributed by atoms with Crippen molar-refractivity contribution in [3.05, 3.63) is 35.9 Å². The molecule has 2 aliphatic heterocycles. The molecule has 2 N–H and O–H groups in total. The predicted molar refractivity (Wildman–Crippen MR) is 103 cm³/mol. The molecule has 0 unspecified atom stereocenters. The predicted octanol–water partition coefficient (Wildman–Crippen LogP) is 0.760. The number of esters is 1. The fraction of sp³-hybridized carbons (Fsp3) is 0.500. The summed E-state index contributed by atoms with van der Waals surface area (Å²) in [5.41, 5.74) is 1.91. The molecule has 0 spiro atoms. The van der Waals surface area contributed by atoms with Crippen molar-refractivity contribution in [3.63, 3.8) is 0 Å². The Morgan fingerprint density at radius 3 is 2.45 bits per heavy atom. The molecular weight excluding hydrogens is 376 g/mol. The number of imide groups is 1. The first-order chi connectivity index (χ1) is 13.9. The van der Waals surface area contributed by atoms with Gasteiger partial charge in [0.05, 0.1) is 19.6 Å².